The van der Waals surface area contributed by atoms with Crippen molar-refractivity contribution in [1.82, 2.24) is 5.32 Å². The number of hydrogen-bond donors (Lipinski definition) is 2. The summed E-state index contributed by atoms with van der Waals surface area (Å²) < 4.78 is 6.63. The third-order valence-electron chi connectivity index (χ3n) is 9.07. The average molecular weight is 425 g/mol. The van der Waals surface area contributed by atoms with E-state index in [0.29, 0.717) is 36.1 Å². The summed E-state index contributed by atoms with van der Waals surface area (Å²) in [6.07, 6.45) is 14.4. The zero-order chi connectivity index (χ0) is 20.3. The molecule has 6 saturated carbocycles. The van der Waals surface area contributed by atoms with Gasteiger partial charge in [-0.3, -0.25) is 0 Å². The van der Waals surface area contributed by atoms with Crippen LogP contribution in [0.2, 0.25) is 0 Å². The summed E-state index contributed by atoms with van der Waals surface area (Å²) in [7, 11) is 0. The maximum absolute atomic E-state index is 6.63. The summed E-state index contributed by atoms with van der Waals surface area (Å²) in [5, 5.41) is 3.87. The topological polar surface area (TPSA) is 47.3 Å². The van der Waals surface area contributed by atoms with Crippen molar-refractivity contribution < 1.29 is 4.74 Å². The molecule has 0 aliphatic heterocycles. The summed E-state index contributed by atoms with van der Waals surface area (Å²) in [4.78, 5) is 1.17. The Morgan fingerprint density at radius 3 is 2.23 bits per heavy atom. The molecule has 2 unspecified atom stereocenters. The van der Waals surface area contributed by atoms with Crippen LogP contribution in [0.15, 0.2) is 30.3 Å². The van der Waals surface area contributed by atoms with Crippen molar-refractivity contribution in [1.29, 1.82) is 0 Å². The third-order valence-corrected chi connectivity index (χ3v) is 9.62. The second kappa shape index (κ2) is 7.28. The first-order chi connectivity index (χ1) is 14.6. The van der Waals surface area contributed by atoms with E-state index in [1.807, 2.05) is 0 Å². The number of hydrogen-bond acceptors (Lipinski definition) is 3. The maximum Gasteiger partial charge on any atom is 0.0818 e. The van der Waals surface area contributed by atoms with Crippen molar-refractivity contribution in [2.75, 3.05) is 0 Å². The second-order valence-electron chi connectivity index (χ2n) is 11.3. The monoisotopic (exact) mass is 424 g/mol. The minimum Gasteiger partial charge on any atom is -0.376 e. The number of ether oxygens (including phenoxy) is 1. The highest BCUT2D eigenvalue weighted by molar-refractivity contribution is 7.80. The van der Waals surface area contributed by atoms with Gasteiger partial charge >= 0.3 is 0 Å². The van der Waals surface area contributed by atoms with E-state index < -0.39 is 0 Å². The van der Waals surface area contributed by atoms with Crippen molar-refractivity contribution in [2.45, 2.75) is 100 Å². The molecule has 30 heavy (non-hydrogen) atoms. The van der Waals surface area contributed by atoms with E-state index >= 15 is 0 Å². The van der Waals surface area contributed by atoms with Gasteiger partial charge in [-0.1, -0.05) is 42.5 Å². The molecule has 0 radical (unpaired) electrons. The smallest absolute Gasteiger partial charge is 0.0818 e. The van der Waals surface area contributed by atoms with E-state index in [1.165, 1.54) is 62.8 Å². The van der Waals surface area contributed by atoms with Crippen LogP contribution in [-0.2, 0) is 10.2 Å². The summed E-state index contributed by atoms with van der Waals surface area (Å²) in [6, 6.07) is 12.3. The van der Waals surface area contributed by atoms with Gasteiger partial charge in [0.1, 0.15) is 0 Å². The fraction of sp³-hybridized carbons (Fsp3) is 0.731. The molecule has 0 amide bonds. The number of nitrogens with one attached hydrogen (secondary N) is 1. The van der Waals surface area contributed by atoms with Gasteiger partial charge in [0.25, 0.3) is 0 Å². The minimum absolute atomic E-state index is 0.167. The summed E-state index contributed by atoms with van der Waals surface area (Å²) in [6.45, 7) is 0. The lowest BCUT2D eigenvalue weighted by atomic mass is 9.42. The Hall–Kier alpha value is -0.970. The standard InChI is InChI=1S/C26H36N2OS/c27-20-6-8-21(9-7-20)28-24(30)26-14-17-12-25(16-26,19-4-2-1-3-5-19)13-18(15-26)23(17)29-22-10-11-22/h1-5,17-18,20-23H,6-16,27H2,(H,28,30). The molecule has 1 aromatic carbocycles. The van der Waals surface area contributed by atoms with Gasteiger partial charge in [0.15, 0.2) is 0 Å². The van der Waals surface area contributed by atoms with Crippen LogP contribution in [0.4, 0.5) is 0 Å². The predicted octanol–water partition coefficient (Wildman–Crippen LogP) is 4.87. The van der Waals surface area contributed by atoms with E-state index in [0.717, 1.165) is 12.8 Å². The van der Waals surface area contributed by atoms with Crippen LogP contribution < -0.4 is 11.1 Å². The van der Waals surface area contributed by atoms with Crippen LogP contribution in [0.25, 0.3) is 0 Å². The number of thiocarbonyl (C=S) groups is 1. The number of rotatable bonds is 5. The first-order valence-electron chi connectivity index (χ1n) is 12.3. The molecule has 6 aliphatic rings. The van der Waals surface area contributed by atoms with Crippen molar-refractivity contribution in [3.63, 3.8) is 0 Å². The van der Waals surface area contributed by atoms with Crippen molar-refractivity contribution in [2.24, 2.45) is 23.0 Å². The Bertz CT molecular complexity index is 783. The van der Waals surface area contributed by atoms with Crippen LogP contribution >= 0.6 is 12.2 Å². The maximum atomic E-state index is 6.63. The zero-order valence-corrected chi connectivity index (χ0v) is 18.8. The van der Waals surface area contributed by atoms with E-state index in [9.17, 15) is 0 Å². The molecule has 0 spiro atoms. The highest BCUT2D eigenvalue weighted by atomic mass is 32.1. The van der Waals surface area contributed by atoms with Crippen molar-refractivity contribution in [3.05, 3.63) is 35.9 Å². The predicted molar refractivity (Wildman–Crippen MR) is 124 cm³/mol. The fourth-order valence-corrected chi connectivity index (χ4v) is 8.16. The highest BCUT2D eigenvalue weighted by Crippen LogP contribution is 2.67. The molecule has 4 heteroatoms. The van der Waals surface area contributed by atoms with Gasteiger partial charge in [-0.15, -0.1) is 0 Å². The van der Waals surface area contributed by atoms with Crippen LogP contribution in [0, 0.1) is 17.3 Å². The minimum atomic E-state index is 0.167. The molecular formula is C26H36N2OS. The molecule has 6 fully saturated rings. The Balaban J connectivity index is 1.28. The summed E-state index contributed by atoms with van der Waals surface area (Å²) in [5.74, 6) is 1.32. The molecule has 0 aromatic heterocycles. The quantitative estimate of drug-likeness (QED) is 0.662. The van der Waals surface area contributed by atoms with Crippen molar-refractivity contribution in [3.8, 4) is 0 Å². The first kappa shape index (κ1) is 19.7. The van der Waals surface area contributed by atoms with Gasteiger partial charge in [0.05, 0.1) is 17.2 Å². The molecule has 3 N–H and O–H groups in total. The lowest BCUT2D eigenvalue weighted by Gasteiger charge is -2.65. The van der Waals surface area contributed by atoms with Gasteiger partial charge in [-0.25, -0.2) is 0 Å². The second-order valence-corrected chi connectivity index (χ2v) is 11.7. The molecule has 7 rings (SSSR count). The van der Waals surface area contributed by atoms with Gasteiger partial charge < -0.3 is 15.8 Å². The summed E-state index contributed by atoms with van der Waals surface area (Å²) >= 11 is 6.21. The Morgan fingerprint density at radius 1 is 0.933 bits per heavy atom. The Labute approximate surface area is 186 Å². The molecule has 162 valence electrons. The molecule has 0 saturated heterocycles. The summed E-state index contributed by atoms with van der Waals surface area (Å²) in [5.41, 5.74) is 8.14. The molecule has 6 aliphatic carbocycles. The SMILES string of the molecule is NC1CCC(NC(=S)C23CC4CC(c5ccccc5)(CC(C2)C4OC2CC2)C3)CC1. The first-order valence-corrected chi connectivity index (χ1v) is 12.7. The number of benzene rings is 1. The Morgan fingerprint density at radius 2 is 1.60 bits per heavy atom. The molecule has 1 aromatic rings. The normalized spacial score (nSPS) is 44.8. The van der Waals surface area contributed by atoms with Crippen molar-refractivity contribution >= 4 is 17.2 Å². The molecule has 2 atom stereocenters. The van der Waals surface area contributed by atoms with Gasteiger partial charge in [-0.2, -0.15) is 0 Å². The van der Waals surface area contributed by atoms with Gasteiger partial charge in [0, 0.05) is 17.5 Å². The molecule has 4 bridgehead atoms. The van der Waals surface area contributed by atoms with E-state index in [1.54, 1.807) is 5.56 Å². The largest absolute Gasteiger partial charge is 0.376 e. The zero-order valence-electron chi connectivity index (χ0n) is 18.0. The lowest BCUT2D eigenvalue weighted by Crippen LogP contribution is -2.64. The Kier molecular flexibility index (Phi) is 4.78. The van der Waals surface area contributed by atoms with Gasteiger partial charge in [-0.05, 0) is 93.4 Å². The number of nitrogens with two attached hydrogens (primary N) is 1. The average Bonchev–Trinajstić information content (AvgIpc) is 3.57. The van der Waals surface area contributed by atoms with Crippen LogP contribution in [-0.4, -0.2) is 29.3 Å². The van der Waals surface area contributed by atoms with Crippen LogP contribution in [0.1, 0.15) is 76.2 Å². The van der Waals surface area contributed by atoms with Gasteiger partial charge in [0.2, 0.25) is 0 Å². The molecule has 3 nitrogen and oxygen atoms in total. The molecule has 0 heterocycles. The lowest BCUT2D eigenvalue weighted by molar-refractivity contribution is -0.155. The van der Waals surface area contributed by atoms with E-state index in [2.05, 4.69) is 35.6 Å². The van der Waals surface area contributed by atoms with Crippen LogP contribution in [0.3, 0.4) is 0 Å². The third kappa shape index (κ3) is 3.34. The van der Waals surface area contributed by atoms with E-state index in [-0.39, 0.29) is 10.8 Å². The fourth-order valence-electron chi connectivity index (χ4n) is 7.75. The molecular weight excluding hydrogens is 388 g/mol. The van der Waals surface area contributed by atoms with Crippen LogP contribution in [0.5, 0.6) is 0 Å². The highest BCUT2D eigenvalue weighted by Gasteiger charge is 2.63. The van der Waals surface area contributed by atoms with E-state index in [4.69, 9.17) is 22.7 Å².